The zero-order valence-corrected chi connectivity index (χ0v) is 14.0. The topological polar surface area (TPSA) is 75.2 Å². The quantitative estimate of drug-likeness (QED) is 0.714. The number of anilines is 3. The van der Waals surface area contributed by atoms with E-state index in [9.17, 15) is 0 Å². The Kier molecular flexibility index (Phi) is 6.61. The Balaban J connectivity index is 2.94. The molecule has 7 nitrogen and oxygen atoms in total. The predicted octanol–water partition coefficient (Wildman–Crippen LogP) is 2.68. The molecule has 21 heavy (non-hydrogen) atoms. The van der Waals surface area contributed by atoms with Gasteiger partial charge in [0, 0.05) is 20.1 Å². The van der Waals surface area contributed by atoms with E-state index in [0.29, 0.717) is 17.8 Å². The van der Waals surface area contributed by atoms with Gasteiger partial charge in [0.25, 0.3) is 5.95 Å². The lowest BCUT2D eigenvalue weighted by Gasteiger charge is -2.26. The second-order valence-corrected chi connectivity index (χ2v) is 5.84. The van der Waals surface area contributed by atoms with Crippen LogP contribution in [-0.2, 0) is 4.84 Å². The van der Waals surface area contributed by atoms with Crippen molar-refractivity contribution in [3.05, 3.63) is 0 Å². The van der Waals surface area contributed by atoms with Crippen molar-refractivity contribution < 1.29 is 4.84 Å². The van der Waals surface area contributed by atoms with E-state index in [0.717, 1.165) is 25.9 Å². The monoisotopic (exact) mass is 296 g/mol. The van der Waals surface area contributed by atoms with Crippen LogP contribution in [-0.4, -0.2) is 40.7 Å². The number of aromatic nitrogens is 3. The van der Waals surface area contributed by atoms with Crippen molar-refractivity contribution in [1.82, 2.24) is 15.0 Å². The van der Waals surface area contributed by atoms with Gasteiger partial charge < -0.3 is 10.6 Å². The van der Waals surface area contributed by atoms with Crippen molar-refractivity contribution in [2.45, 2.75) is 53.1 Å². The van der Waals surface area contributed by atoms with Crippen molar-refractivity contribution in [3.8, 4) is 0 Å². The summed E-state index contributed by atoms with van der Waals surface area (Å²) in [7, 11) is 1.80. The third-order valence-corrected chi connectivity index (χ3v) is 2.38. The van der Waals surface area contributed by atoms with E-state index >= 15 is 0 Å². The Hall–Kier alpha value is -1.63. The van der Waals surface area contributed by atoms with E-state index in [1.165, 1.54) is 0 Å². The predicted molar refractivity (Wildman–Crippen MR) is 86.6 cm³/mol. The van der Waals surface area contributed by atoms with E-state index in [-0.39, 0.29) is 5.60 Å². The summed E-state index contributed by atoms with van der Waals surface area (Å²) in [4.78, 5) is 18.9. The molecule has 0 aliphatic carbocycles. The van der Waals surface area contributed by atoms with Crippen molar-refractivity contribution in [3.63, 3.8) is 0 Å². The highest BCUT2D eigenvalue weighted by molar-refractivity contribution is 5.42. The standard InChI is InChI=1S/C14H28N6O/c1-7-9-15-11-17-12(16-10-8-2)19-13(18-11)20(6)21-14(3,4)5/h7-10H2,1-6H3,(H2,15,16,17,18,19). The molecule has 0 amide bonds. The van der Waals surface area contributed by atoms with E-state index in [1.807, 2.05) is 20.8 Å². The van der Waals surface area contributed by atoms with Crippen LogP contribution in [0.3, 0.4) is 0 Å². The molecular formula is C14H28N6O. The normalized spacial score (nSPS) is 11.3. The summed E-state index contributed by atoms with van der Waals surface area (Å²) in [5, 5.41) is 7.95. The average molecular weight is 296 g/mol. The SMILES string of the molecule is CCCNc1nc(NCCC)nc(N(C)OC(C)(C)C)n1. The van der Waals surface area contributed by atoms with Gasteiger partial charge in [-0.15, -0.1) is 0 Å². The number of rotatable bonds is 8. The van der Waals surface area contributed by atoms with Gasteiger partial charge in [-0.25, -0.2) is 5.06 Å². The summed E-state index contributed by atoms with van der Waals surface area (Å²) >= 11 is 0. The summed E-state index contributed by atoms with van der Waals surface area (Å²) in [5.41, 5.74) is -0.310. The zero-order valence-electron chi connectivity index (χ0n) is 14.0. The fourth-order valence-electron chi connectivity index (χ4n) is 1.59. The van der Waals surface area contributed by atoms with Gasteiger partial charge in [0.1, 0.15) is 0 Å². The third-order valence-electron chi connectivity index (χ3n) is 2.38. The molecule has 0 aliphatic rings. The zero-order chi connectivity index (χ0) is 15.9. The summed E-state index contributed by atoms with van der Waals surface area (Å²) in [6.45, 7) is 11.8. The lowest BCUT2D eigenvalue weighted by atomic mass is 10.2. The maximum absolute atomic E-state index is 5.77. The summed E-state index contributed by atoms with van der Waals surface area (Å²) in [6, 6.07) is 0. The molecule has 1 rings (SSSR count). The molecule has 0 fully saturated rings. The second kappa shape index (κ2) is 7.97. The Bertz CT molecular complexity index is 406. The number of hydrogen-bond acceptors (Lipinski definition) is 7. The largest absolute Gasteiger partial charge is 0.354 e. The second-order valence-electron chi connectivity index (χ2n) is 5.84. The van der Waals surface area contributed by atoms with Gasteiger partial charge in [0.05, 0.1) is 5.60 Å². The molecule has 120 valence electrons. The Labute approximate surface area is 127 Å². The lowest BCUT2D eigenvalue weighted by molar-refractivity contribution is -0.0148. The van der Waals surface area contributed by atoms with Crippen LogP contribution in [0.2, 0.25) is 0 Å². The maximum Gasteiger partial charge on any atom is 0.256 e. The summed E-state index contributed by atoms with van der Waals surface area (Å²) in [5.74, 6) is 1.60. The van der Waals surface area contributed by atoms with Crippen LogP contribution in [0, 0.1) is 0 Å². The highest BCUT2D eigenvalue weighted by atomic mass is 16.7. The molecule has 2 N–H and O–H groups in total. The summed E-state index contributed by atoms with van der Waals surface area (Å²) in [6.07, 6.45) is 2.01. The molecule has 0 aromatic carbocycles. The molecule has 0 aliphatic heterocycles. The first-order valence-electron chi connectivity index (χ1n) is 7.52. The number of hydrogen-bond donors (Lipinski definition) is 2. The van der Waals surface area contributed by atoms with Gasteiger partial charge >= 0.3 is 0 Å². The van der Waals surface area contributed by atoms with Crippen molar-refractivity contribution in [2.24, 2.45) is 0 Å². The molecule has 0 atom stereocenters. The molecule has 7 heteroatoms. The molecule has 0 bridgehead atoms. The highest BCUT2D eigenvalue weighted by Crippen LogP contribution is 2.17. The van der Waals surface area contributed by atoms with Gasteiger partial charge in [0.15, 0.2) is 0 Å². The highest BCUT2D eigenvalue weighted by Gasteiger charge is 2.18. The maximum atomic E-state index is 5.77. The van der Waals surface area contributed by atoms with Crippen LogP contribution in [0.25, 0.3) is 0 Å². The molecular weight excluding hydrogens is 268 g/mol. The van der Waals surface area contributed by atoms with Crippen LogP contribution >= 0.6 is 0 Å². The first-order chi connectivity index (χ1) is 9.85. The van der Waals surface area contributed by atoms with Crippen LogP contribution in [0.15, 0.2) is 0 Å². The van der Waals surface area contributed by atoms with E-state index in [1.54, 1.807) is 12.1 Å². The molecule has 0 saturated carbocycles. The van der Waals surface area contributed by atoms with Crippen LogP contribution < -0.4 is 15.7 Å². The van der Waals surface area contributed by atoms with Crippen LogP contribution in [0.1, 0.15) is 47.5 Å². The minimum Gasteiger partial charge on any atom is -0.354 e. The Morgan fingerprint density at radius 3 is 1.81 bits per heavy atom. The number of hydroxylamine groups is 1. The van der Waals surface area contributed by atoms with Crippen LogP contribution in [0.4, 0.5) is 17.8 Å². The van der Waals surface area contributed by atoms with Crippen molar-refractivity contribution in [2.75, 3.05) is 35.8 Å². The fourth-order valence-corrected chi connectivity index (χ4v) is 1.59. The smallest absolute Gasteiger partial charge is 0.256 e. The first-order valence-corrected chi connectivity index (χ1v) is 7.52. The van der Waals surface area contributed by atoms with Gasteiger partial charge in [-0.1, -0.05) is 13.8 Å². The molecule has 0 saturated heterocycles. The molecule has 1 aromatic rings. The fraction of sp³-hybridized carbons (Fsp3) is 0.786. The molecule has 1 heterocycles. The van der Waals surface area contributed by atoms with Crippen molar-refractivity contribution >= 4 is 17.8 Å². The van der Waals surface area contributed by atoms with Gasteiger partial charge in [0.2, 0.25) is 11.9 Å². The van der Waals surface area contributed by atoms with Crippen LogP contribution in [0.5, 0.6) is 0 Å². The molecule has 0 radical (unpaired) electrons. The lowest BCUT2D eigenvalue weighted by Crippen LogP contribution is -2.32. The van der Waals surface area contributed by atoms with E-state index in [4.69, 9.17) is 4.84 Å². The minimum atomic E-state index is -0.310. The Morgan fingerprint density at radius 2 is 1.43 bits per heavy atom. The number of nitrogens with zero attached hydrogens (tertiary/aromatic N) is 4. The molecule has 0 unspecified atom stereocenters. The van der Waals surface area contributed by atoms with E-state index < -0.39 is 0 Å². The first kappa shape index (κ1) is 17.4. The van der Waals surface area contributed by atoms with Gasteiger partial charge in [-0.3, -0.25) is 4.84 Å². The molecule has 0 spiro atoms. The molecule has 1 aromatic heterocycles. The minimum absolute atomic E-state index is 0.310. The third kappa shape index (κ3) is 6.57. The van der Waals surface area contributed by atoms with E-state index in [2.05, 4.69) is 39.4 Å². The van der Waals surface area contributed by atoms with Gasteiger partial charge in [-0.2, -0.15) is 15.0 Å². The Morgan fingerprint density at radius 1 is 0.952 bits per heavy atom. The van der Waals surface area contributed by atoms with Gasteiger partial charge in [-0.05, 0) is 33.6 Å². The average Bonchev–Trinajstić information content (AvgIpc) is 2.40. The summed E-state index contributed by atoms with van der Waals surface area (Å²) < 4.78 is 0. The number of nitrogens with one attached hydrogen (secondary N) is 2. The van der Waals surface area contributed by atoms with Crippen molar-refractivity contribution in [1.29, 1.82) is 0 Å².